The van der Waals surface area contributed by atoms with Gasteiger partial charge in [-0.25, -0.2) is 4.79 Å². The molecule has 0 unspecified atom stereocenters. The third-order valence-corrected chi connectivity index (χ3v) is 4.27. The number of benzene rings is 2. The van der Waals surface area contributed by atoms with Crippen molar-refractivity contribution in [2.45, 2.75) is 39.5 Å². The molecule has 0 aliphatic rings. The number of rotatable bonds is 11. The molecule has 0 aromatic heterocycles. The lowest BCUT2D eigenvalue weighted by molar-refractivity contribution is -0.116. The van der Waals surface area contributed by atoms with Crippen LogP contribution in [0.1, 0.15) is 49.0 Å². The largest absolute Gasteiger partial charge is 0.490 e. The lowest BCUT2D eigenvalue weighted by Gasteiger charge is -2.13. The Bertz CT molecular complexity index is 819. The maximum atomic E-state index is 12.3. The Hall–Kier alpha value is -3.02. The number of ether oxygens (including phenoxy) is 3. The van der Waals surface area contributed by atoms with Crippen molar-refractivity contribution in [1.29, 1.82) is 0 Å². The Balaban J connectivity index is 1.95. The number of carbonyl (C=O) groups excluding carboxylic acids is 2. The van der Waals surface area contributed by atoms with E-state index in [-0.39, 0.29) is 5.91 Å². The number of esters is 1. The van der Waals surface area contributed by atoms with Gasteiger partial charge >= 0.3 is 5.97 Å². The molecule has 6 nitrogen and oxygen atoms in total. The zero-order chi connectivity index (χ0) is 21.1. The molecule has 156 valence electrons. The summed E-state index contributed by atoms with van der Waals surface area (Å²) in [5.74, 6) is 0.861. The van der Waals surface area contributed by atoms with Gasteiger partial charge in [0.05, 0.1) is 25.9 Å². The van der Waals surface area contributed by atoms with E-state index in [9.17, 15) is 9.59 Å². The van der Waals surface area contributed by atoms with Crippen molar-refractivity contribution in [3.8, 4) is 11.5 Å². The number of carbonyl (C=O) groups is 2. The van der Waals surface area contributed by atoms with Crippen molar-refractivity contribution in [1.82, 2.24) is 0 Å². The Morgan fingerprint density at radius 1 is 1.00 bits per heavy atom. The van der Waals surface area contributed by atoms with E-state index in [0.717, 1.165) is 24.2 Å². The quantitative estimate of drug-likeness (QED) is 0.441. The molecular weight excluding hydrogens is 370 g/mol. The van der Waals surface area contributed by atoms with E-state index >= 15 is 0 Å². The van der Waals surface area contributed by atoms with Crippen LogP contribution in [-0.2, 0) is 16.0 Å². The Labute approximate surface area is 172 Å². The number of anilines is 1. The van der Waals surface area contributed by atoms with Crippen LogP contribution in [0.5, 0.6) is 11.5 Å². The van der Waals surface area contributed by atoms with Crippen LogP contribution >= 0.6 is 0 Å². The molecule has 0 atom stereocenters. The molecule has 0 saturated carbocycles. The first-order valence-electron chi connectivity index (χ1n) is 9.94. The van der Waals surface area contributed by atoms with Crippen LogP contribution in [-0.4, -0.2) is 32.2 Å². The molecule has 0 heterocycles. The summed E-state index contributed by atoms with van der Waals surface area (Å²) in [6.45, 7) is 5.25. The van der Waals surface area contributed by atoms with Crippen molar-refractivity contribution in [3.63, 3.8) is 0 Å². The average molecular weight is 399 g/mol. The van der Waals surface area contributed by atoms with Gasteiger partial charge in [0.1, 0.15) is 0 Å². The zero-order valence-electron chi connectivity index (χ0n) is 17.3. The summed E-state index contributed by atoms with van der Waals surface area (Å²) in [4.78, 5) is 23.9. The molecule has 6 heteroatoms. The highest BCUT2D eigenvalue weighted by atomic mass is 16.5. The molecule has 1 amide bonds. The fourth-order valence-corrected chi connectivity index (χ4v) is 2.75. The van der Waals surface area contributed by atoms with E-state index in [0.29, 0.717) is 43.1 Å². The van der Waals surface area contributed by atoms with Gasteiger partial charge in [0.2, 0.25) is 5.91 Å². The molecule has 2 aromatic rings. The standard InChI is InChI=1S/C23H29NO5/c1-4-6-14-29-20-12-10-17(15-21(20)28-5-2)11-13-22(25)24-19-9-7-8-18(16-19)23(26)27-3/h7-10,12,15-16H,4-6,11,13-14H2,1-3H3,(H,24,25). The highest BCUT2D eigenvalue weighted by molar-refractivity contribution is 5.94. The summed E-state index contributed by atoms with van der Waals surface area (Å²) in [6.07, 6.45) is 2.94. The van der Waals surface area contributed by atoms with E-state index in [4.69, 9.17) is 14.2 Å². The lowest BCUT2D eigenvalue weighted by atomic mass is 10.1. The number of unbranched alkanes of at least 4 members (excludes halogenated alkanes) is 1. The van der Waals surface area contributed by atoms with Gasteiger partial charge in [-0.2, -0.15) is 0 Å². The topological polar surface area (TPSA) is 73.9 Å². The SMILES string of the molecule is CCCCOc1ccc(CCC(=O)Nc2cccc(C(=O)OC)c2)cc1OCC. The molecule has 0 bridgehead atoms. The van der Waals surface area contributed by atoms with E-state index in [1.54, 1.807) is 24.3 Å². The van der Waals surface area contributed by atoms with E-state index < -0.39 is 5.97 Å². The van der Waals surface area contributed by atoms with Crippen molar-refractivity contribution < 1.29 is 23.8 Å². The van der Waals surface area contributed by atoms with Gasteiger partial charge in [-0.15, -0.1) is 0 Å². The summed E-state index contributed by atoms with van der Waals surface area (Å²) in [5.41, 5.74) is 1.95. The highest BCUT2D eigenvalue weighted by Crippen LogP contribution is 2.29. The van der Waals surface area contributed by atoms with Crippen LogP contribution in [0, 0.1) is 0 Å². The molecule has 0 fully saturated rings. The summed E-state index contributed by atoms with van der Waals surface area (Å²) in [7, 11) is 1.32. The number of amides is 1. The van der Waals surface area contributed by atoms with Crippen molar-refractivity contribution in [2.24, 2.45) is 0 Å². The Kier molecular flexibility index (Phi) is 9.02. The minimum Gasteiger partial charge on any atom is -0.490 e. The second kappa shape index (κ2) is 11.7. The molecule has 0 aliphatic carbocycles. The number of methoxy groups -OCH3 is 1. The summed E-state index contributed by atoms with van der Waals surface area (Å²) in [6, 6.07) is 12.5. The van der Waals surface area contributed by atoms with Crippen LogP contribution < -0.4 is 14.8 Å². The zero-order valence-corrected chi connectivity index (χ0v) is 17.3. The Morgan fingerprint density at radius 2 is 1.83 bits per heavy atom. The number of nitrogens with one attached hydrogen (secondary N) is 1. The predicted octanol–water partition coefficient (Wildman–Crippen LogP) is 4.62. The molecule has 2 rings (SSSR count). The molecule has 1 N–H and O–H groups in total. The third-order valence-electron chi connectivity index (χ3n) is 4.27. The first-order chi connectivity index (χ1) is 14.1. The van der Waals surface area contributed by atoms with Gasteiger partial charge < -0.3 is 19.5 Å². The van der Waals surface area contributed by atoms with E-state index in [1.807, 2.05) is 25.1 Å². The second-order valence-corrected chi connectivity index (χ2v) is 6.54. The summed E-state index contributed by atoms with van der Waals surface area (Å²) in [5, 5.41) is 2.81. The molecule has 2 aromatic carbocycles. The minimum absolute atomic E-state index is 0.131. The lowest BCUT2D eigenvalue weighted by Crippen LogP contribution is -2.13. The number of hydrogen-bond donors (Lipinski definition) is 1. The van der Waals surface area contributed by atoms with Gasteiger partial charge in [0.25, 0.3) is 0 Å². The van der Waals surface area contributed by atoms with Crippen LogP contribution in [0.3, 0.4) is 0 Å². The summed E-state index contributed by atoms with van der Waals surface area (Å²) >= 11 is 0. The fourth-order valence-electron chi connectivity index (χ4n) is 2.75. The molecule has 0 spiro atoms. The fraction of sp³-hybridized carbons (Fsp3) is 0.391. The second-order valence-electron chi connectivity index (χ2n) is 6.54. The number of hydrogen-bond acceptors (Lipinski definition) is 5. The van der Waals surface area contributed by atoms with Crippen LogP contribution in [0.4, 0.5) is 5.69 Å². The van der Waals surface area contributed by atoms with Crippen LogP contribution in [0.15, 0.2) is 42.5 Å². The normalized spacial score (nSPS) is 10.3. The van der Waals surface area contributed by atoms with Crippen molar-refractivity contribution in [2.75, 3.05) is 25.6 Å². The van der Waals surface area contributed by atoms with Gasteiger partial charge in [-0.1, -0.05) is 25.5 Å². The minimum atomic E-state index is -0.439. The molecule has 29 heavy (non-hydrogen) atoms. The molecule has 0 saturated heterocycles. The first-order valence-corrected chi connectivity index (χ1v) is 9.94. The van der Waals surface area contributed by atoms with E-state index in [1.165, 1.54) is 7.11 Å². The predicted molar refractivity (Wildman–Crippen MR) is 113 cm³/mol. The maximum absolute atomic E-state index is 12.3. The van der Waals surface area contributed by atoms with Gasteiger partial charge in [-0.05, 0) is 55.7 Å². The highest BCUT2D eigenvalue weighted by Gasteiger charge is 2.10. The van der Waals surface area contributed by atoms with E-state index in [2.05, 4.69) is 12.2 Å². The van der Waals surface area contributed by atoms with Gasteiger partial charge in [0, 0.05) is 12.1 Å². The smallest absolute Gasteiger partial charge is 0.337 e. The first kappa shape index (κ1) is 22.3. The molecule has 0 radical (unpaired) electrons. The average Bonchev–Trinajstić information content (AvgIpc) is 2.73. The maximum Gasteiger partial charge on any atom is 0.337 e. The van der Waals surface area contributed by atoms with Gasteiger partial charge in [0.15, 0.2) is 11.5 Å². The van der Waals surface area contributed by atoms with Gasteiger partial charge in [-0.3, -0.25) is 4.79 Å². The molecular formula is C23H29NO5. The third kappa shape index (κ3) is 7.14. The monoisotopic (exact) mass is 399 g/mol. The number of aryl methyl sites for hydroxylation is 1. The Morgan fingerprint density at radius 3 is 2.55 bits per heavy atom. The van der Waals surface area contributed by atoms with Crippen LogP contribution in [0.25, 0.3) is 0 Å². The molecule has 0 aliphatic heterocycles. The van der Waals surface area contributed by atoms with Crippen molar-refractivity contribution >= 4 is 17.6 Å². The van der Waals surface area contributed by atoms with Crippen molar-refractivity contribution in [3.05, 3.63) is 53.6 Å². The summed E-state index contributed by atoms with van der Waals surface area (Å²) < 4.78 is 16.2. The van der Waals surface area contributed by atoms with Crippen LogP contribution in [0.2, 0.25) is 0 Å².